The van der Waals surface area contributed by atoms with Gasteiger partial charge in [-0.1, -0.05) is 25.0 Å². The molecule has 3 nitrogen and oxygen atoms in total. The molecular formula is C17H26BBrO3. The predicted octanol–water partition coefficient (Wildman–Crippen LogP) is 4.24. The average Bonchev–Trinajstić information content (AvgIpc) is 2.60. The summed E-state index contributed by atoms with van der Waals surface area (Å²) in [4.78, 5) is 0. The zero-order chi connectivity index (χ0) is 16.5. The van der Waals surface area contributed by atoms with Gasteiger partial charge in [-0.15, -0.1) is 0 Å². The third-order valence-electron chi connectivity index (χ3n) is 4.47. The van der Waals surface area contributed by atoms with Crippen LogP contribution in [0.5, 0.6) is 5.75 Å². The third kappa shape index (κ3) is 3.52. The van der Waals surface area contributed by atoms with Gasteiger partial charge >= 0.3 is 7.12 Å². The first-order chi connectivity index (χ1) is 10.2. The maximum Gasteiger partial charge on any atom is 0.498 e. The highest BCUT2D eigenvalue weighted by atomic mass is 79.9. The Balaban J connectivity index is 2.34. The number of unbranched alkanes of at least 4 members (excludes halogenated alkanes) is 1. The second-order valence-corrected chi connectivity index (χ2v) is 7.81. The van der Waals surface area contributed by atoms with Crippen LogP contribution in [0.15, 0.2) is 16.6 Å². The Hall–Kier alpha value is -0.515. The SMILES string of the molecule is CCCCOc1c(Br)cc(C)cc1B1OC(C)(C)C(C)(C)O1. The summed E-state index contributed by atoms with van der Waals surface area (Å²) in [5.41, 5.74) is 1.41. The van der Waals surface area contributed by atoms with Gasteiger partial charge in [0, 0.05) is 5.46 Å². The van der Waals surface area contributed by atoms with Crippen molar-refractivity contribution < 1.29 is 14.0 Å². The molecule has 0 N–H and O–H groups in total. The maximum atomic E-state index is 6.18. The average molecular weight is 369 g/mol. The molecule has 0 atom stereocenters. The molecule has 5 heteroatoms. The van der Waals surface area contributed by atoms with Crippen LogP contribution in [-0.2, 0) is 9.31 Å². The number of benzene rings is 1. The van der Waals surface area contributed by atoms with E-state index in [2.05, 4.69) is 69.6 Å². The first-order valence-corrected chi connectivity index (χ1v) is 8.75. The van der Waals surface area contributed by atoms with Crippen molar-refractivity contribution in [3.8, 4) is 5.75 Å². The highest BCUT2D eigenvalue weighted by molar-refractivity contribution is 9.10. The quantitative estimate of drug-likeness (QED) is 0.574. The van der Waals surface area contributed by atoms with E-state index in [9.17, 15) is 0 Å². The predicted molar refractivity (Wildman–Crippen MR) is 95.0 cm³/mol. The Morgan fingerprint density at radius 3 is 2.27 bits per heavy atom. The van der Waals surface area contributed by atoms with Gasteiger partial charge < -0.3 is 14.0 Å². The van der Waals surface area contributed by atoms with Crippen LogP contribution in [0, 0.1) is 6.92 Å². The lowest BCUT2D eigenvalue weighted by molar-refractivity contribution is 0.00578. The fourth-order valence-corrected chi connectivity index (χ4v) is 3.08. The summed E-state index contributed by atoms with van der Waals surface area (Å²) in [5.74, 6) is 0.831. The maximum absolute atomic E-state index is 6.18. The van der Waals surface area contributed by atoms with E-state index in [0.717, 1.165) is 34.1 Å². The van der Waals surface area contributed by atoms with Crippen LogP contribution in [0.3, 0.4) is 0 Å². The second-order valence-electron chi connectivity index (χ2n) is 6.96. The largest absolute Gasteiger partial charge is 0.498 e. The molecular weight excluding hydrogens is 343 g/mol. The van der Waals surface area contributed by atoms with Gasteiger partial charge in [-0.2, -0.15) is 0 Å². The molecule has 0 bridgehead atoms. The van der Waals surface area contributed by atoms with E-state index >= 15 is 0 Å². The molecule has 1 aliphatic rings. The zero-order valence-electron chi connectivity index (χ0n) is 14.5. The number of aryl methyl sites for hydroxylation is 1. The minimum Gasteiger partial charge on any atom is -0.493 e. The Bertz CT molecular complexity index is 527. The monoisotopic (exact) mass is 368 g/mol. The molecule has 0 amide bonds. The first kappa shape index (κ1) is 17.8. The van der Waals surface area contributed by atoms with Gasteiger partial charge in [0.25, 0.3) is 0 Å². The van der Waals surface area contributed by atoms with Crippen molar-refractivity contribution >= 4 is 28.5 Å². The number of rotatable bonds is 5. The molecule has 0 radical (unpaired) electrons. The highest BCUT2D eigenvalue weighted by Crippen LogP contribution is 2.38. The van der Waals surface area contributed by atoms with Gasteiger partial charge in [0.15, 0.2) is 0 Å². The Labute approximate surface area is 143 Å². The van der Waals surface area contributed by atoms with Gasteiger partial charge in [-0.25, -0.2) is 0 Å². The van der Waals surface area contributed by atoms with Gasteiger partial charge in [0.05, 0.1) is 22.3 Å². The van der Waals surface area contributed by atoms with E-state index in [0.29, 0.717) is 6.61 Å². The van der Waals surface area contributed by atoms with Crippen molar-refractivity contribution in [2.75, 3.05) is 6.61 Å². The Morgan fingerprint density at radius 2 is 1.73 bits per heavy atom. The van der Waals surface area contributed by atoms with E-state index in [4.69, 9.17) is 14.0 Å². The van der Waals surface area contributed by atoms with Gasteiger partial charge in [0.2, 0.25) is 0 Å². The molecule has 0 spiro atoms. The summed E-state index contributed by atoms with van der Waals surface area (Å²) in [7, 11) is -0.405. The molecule has 2 rings (SSSR count). The second kappa shape index (κ2) is 6.54. The molecule has 1 fully saturated rings. The summed E-state index contributed by atoms with van der Waals surface area (Å²) >= 11 is 3.62. The van der Waals surface area contributed by atoms with E-state index < -0.39 is 7.12 Å². The molecule has 0 saturated carbocycles. The number of hydrogen-bond acceptors (Lipinski definition) is 3. The molecule has 122 valence electrons. The Kier molecular flexibility index (Phi) is 5.30. The van der Waals surface area contributed by atoms with Crippen molar-refractivity contribution in [3.63, 3.8) is 0 Å². The minimum atomic E-state index is -0.405. The van der Waals surface area contributed by atoms with Gasteiger partial charge in [-0.3, -0.25) is 0 Å². The summed E-state index contributed by atoms with van der Waals surface area (Å²) in [5, 5.41) is 0. The van der Waals surface area contributed by atoms with Crippen LogP contribution in [0.25, 0.3) is 0 Å². The molecule has 1 aromatic rings. The van der Waals surface area contributed by atoms with Crippen molar-refractivity contribution in [1.29, 1.82) is 0 Å². The topological polar surface area (TPSA) is 27.7 Å². The van der Waals surface area contributed by atoms with E-state index in [1.54, 1.807) is 0 Å². The molecule has 1 saturated heterocycles. The summed E-state index contributed by atoms with van der Waals surface area (Å²) < 4.78 is 19.3. The van der Waals surface area contributed by atoms with Crippen LogP contribution >= 0.6 is 15.9 Å². The molecule has 1 heterocycles. The van der Waals surface area contributed by atoms with Crippen LogP contribution in [0.1, 0.15) is 53.0 Å². The van der Waals surface area contributed by atoms with E-state index in [-0.39, 0.29) is 11.2 Å². The third-order valence-corrected chi connectivity index (χ3v) is 5.06. The summed E-state index contributed by atoms with van der Waals surface area (Å²) in [6, 6.07) is 4.16. The molecule has 22 heavy (non-hydrogen) atoms. The smallest absolute Gasteiger partial charge is 0.493 e. The normalized spacial score (nSPS) is 19.5. The minimum absolute atomic E-state index is 0.353. The number of halogens is 1. The molecule has 0 unspecified atom stereocenters. The van der Waals surface area contributed by atoms with E-state index in [1.807, 2.05) is 0 Å². The van der Waals surface area contributed by atoms with Gasteiger partial charge in [-0.05, 0) is 63.0 Å². The van der Waals surface area contributed by atoms with Crippen LogP contribution in [0.2, 0.25) is 0 Å². The van der Waals surface area contributed by atoms with Crippen molar-refractivity contribution in [2.24, 2.45) is 0 Å². The number of hydrogen-bond donors (Lipinski definition) is 0. The van der Waals surface area contributed by atoms with Crippen molar-refractivity contribution in [3.05, 3.63) is 22.2 Å². The van der Waals surface area contributed by atoms with Gasteiger partial charge in [0.1, 0.15) is 5.75 Å². The van der Waals surface area contributed by atoms with Crippen LogP contribution in [-0.4, -0.2) is 24.9 Å². The standard InChI is InChI=1S/C17H26BBrO3/c1-7-8-9-20-15-13(10-12(2)11-14(15)19)18-21-16(3,4)17(5,6)22-18/h10-11H,7-9H2,1-6H3. The zero-order valence-corrected chi connectivity index (χ0v) is 16.0. The summed E-state index contributed by atoms with van der Waals surface area (Å²) in [6.45, 7) is 13.2. The highest BCUT2D eigenvalue weighted by Gasteiger charge is 2.52. The lowest BCUT2D eigenvalue weighted by Crippen LogP contribution is -2.41. The Morgan fingerprint density at radius 1 is 1.14 bits per heavy atom. The lowest BCUT2D eigenvalue weighted by Gasteiger charge is -2.32. The fraction of sp³-hybridized carbons (Fsp3) is 0.647. The van der Waals surface area contributed by atoms with Crippen LogP contribution < -0.4 is 10.2 Å². The van der Waals surface area contributed by atoms with E-state index in [1.165, 1.54) is 0 Å². The van der Waals surface area contributed by atoms with Crippen molar-refractivity contribution in [2.45, 2.75) is 65.6 Å². The molecule has 0 aromatic heterocycles. The lowest BCUT2D eigenvalue weighted by atomic mass is 9.77. The number of ether oxygens (including phenoxy) is 1. The van der Waals surface area contributed by atoms with Crippen molar-refractivity contribution in [1.82, 2.24) is 0 Å². The molecule has 1 aliphatic heterocycles. The molecule has 0 aliphatic carbocycles. The summed E-state index contributed by atoms with van der Waals surface area (Å²) in [6.07, 6.45) is 2.14. The van der Waals surface area contributed by atoms with Crippen LogP contribution in [0.4, 0.5) is 0 Å². The first-order valence-electron chi connectivity index (χ1n) is 7.96. The molecule has 1 aromatic carbocycles. The fourth-order valence-electron chi connectivity index (χ4n) is 2.37.